The lowest BCUT2D eigenvalue weighted by Gasteiger charge is -2.12. The van der Waals surface area contributed by atoms with E-state index in [1.807, 2.05) is 19.1 Å². The second-order valence-corrected chi connectivity index (χ2v) is 5.01. The number of phenols is 1. The summed E-state index contributed by atoms with van der Waals surface area (Å²) in [6.07, 6.45) is 0.0358. The van der Waals surface area contributed by atoms with Gasteiger partial charge in [0.15, 0.2) is 6.10 Å². The van der Waals surface area contributed by atoms with Crippen molar-refractivity contribution in [2.24, 2.45) is 0 Å². The Morgan fingerprint density at radius 1 is 1.00 bits per heavy atom. The third kappa shape index (κ3) is 3.73. The van der Waals surface area contributed by atoms with Crippen molar-refractivity contribution in [3.8, 4) is 5.75 Å². The number of rotatable bonds is 5. The van der Waals surface area contributed by atoms with Gasteiger partial charge in [0.1, 0.15) is 5.75 Å². The molecule has 1 N–H and O–H groups in total. The number of ether oxygens (including phenoxy) is 1. The van der Waals surface area contributed by atoms with Gasteiger partial charge < -0.3 is 9.84 Å². The van der Waals surface area contributed by atoms with Crippen molar-refractivity contribution in [2.45, 2.75) is 26.4 Å². The van der Waals surface area contributed by atoms with Crippen LogP contribution < -0.4 is 0 Å². The average Bonchev–Trinajstić information content (AvgIpc) is 2.54. The zero-order valence-corrected chi connectivity index (χ0v) is 12.6. The first kappa shape index (κ1) is 15.8. The van der Waals surface area contributed by atoms with E-state index in [2.05, 4.69) is 0 Å². The maximum Gasteiger partial charge on any atom is 0.338 e. The first-order valence-corrected chi connectivity index (χ1v) is 7.14. The van der Waals surface area contributed by atoms with Crippen LogP contribution in [0, 0.1) is 0 Å². The van der Waals surface area contributed by atoms with E-state index in [4.69, 9.17) is 4.74 Å². The summed E-state index contributed by atoms with van der Waals surface area (Å²) in [5.74, 6) is -0.766. The SMILES string of the molecule is CCc1ccc(C(=O)[C@H](C)OC(=O)c2ccc(O)cc2)cc1. The Balaban J connectivity index is 2.03. The molecule has 0 unspecified atom stereocenters. The van der Waals surface area contributed by atoms with Gasteiger partial charge in [0, 0.05) is 5.56 Å². The Morgan fingerprint density at radius 2 is 1.55 bits per heavy atom. The van der Waals surface area contributed by atoms with Crippen LogP contribution in [0.2, 0.25) is 0 Å². The third-order valence-electron chi connectivity index (χ3n) is 3.40. The maximum absolute atomic E-state index is 12.2. The molecule has 4 nitrogen and oxygen atoms in total. The number of hydrogen-bond donors (Lipinski definition) is 1. The van der Waals surface area contributed by atoms with E-state index in [1.165, 1.54) is 24.3 Å². The van der Waals surface area contributed by atoms with Gasteiger partial charge in [-0.3, -0.25) is 4.79 Å². The van der Waals surface area contributed by atoms with Gasteiger partial charge in [-0.1, -0.05) is 31.2 Å². The molecular formula is C18H18O4. The summed E-state index contributed by atoms with van der Waals surface area (Å²) in [6.45, 7) is 3.59. The third-order valence-corrected chi connectivity index (χ3v) is 3.40. The molecule has 0 aromatic heterocycles. The number of carbonyl (C=O) groups excluding carboxylic acids is 2. The predicted octanol–water partition coefficient (Wildman–Crippen LogP) is 3.38. The highest BCUT2D eigenvalue weighted by Gasteiger charge is 2.20. The number of esters is 1. The lowest BCUT2D eigenvalue weighted by Crippen LogP contribution is -2.24. The number of ketones is 1. The monoisotopic (exact) mass is 298 g/mol. The van der Waals surface area contributed by atoms with Crippen LogP contribution in [0.3, 0.4) is 0 Å². The van der Waals surface area contributed by atoms with Crippen molar-refractivity contribution >= 4 is 11.8 Å². The molecular weight excluding hydrogens is 280 g/mol. The van der Waals surface area contributed by atoms with Crippen LogP contribution in [-0.4, -0.2) is 23.0 Å². The van der Waals surface area contributed by atoms with E-state index < -0.39 is 12.1 Å². The Labute approximate surface area is 129 Å². The fraction of sp³-hybridized carbons (Fsp3) is 0.222. The molecule has 2 rings (SSSR count). The molecule has 2 aromatic rings. The average molecular weight is 298 g/mol. The summed E-state index contributed by atoms with van der Waals surface area (Å²) >= 11 is 0. The minimum atomic E-state index is -0.867. The van der Waals surface area contributed by atoms with Crippen LogP contribution >= 0.6 is 0 Å². The number of hydrogen-bond acceptors (Lipinski definition) is 4. The lowest BCUT2D eigenvalue weighted by atomic mass is 10.0. The smallest absolute Gasteiger partial charge is 0.338 e. The molecule has 0 amide bonds. The fourth-order valence-corrected chi connectivity index (χ4v) is 2.02. The normalized spacial score (nSPS) is 11.7. The molecule has 0 radical (unpaired) electrons. The van der Waals surface area contributed by atoms with Gasteiger partial charge in [0.25, 0.3) is 0 Å². The summed E-state index contributed by atoms with van der Waals surface area (Å²) in [5.41, 5.74) is 1.95. The summed E-state index contributed by atoms with van der Waals surface area (Å²) < 4.78 is 5.18. The van der Waals surface area contributed by atoms with Gasteiger partial charge in [-0.15, -0.1) is 0 Å². The van der Waals surface area contributed by atoms with E-state index in [0.717, 1.165) is 12.0 Å². The number of aromatic hydroxyl groups is 1. The van der Waals surface area contributed by atoms with Crippen LogP contribution in [-0.2, 0) is 11.2 Å². The van der Waals surface area contributed by atoms with E-state index in [0.29, 0.717) is 11.1 Å². The topological polar surface area (TPSA) is 63.6 Å². The Morgan fingerprint density at radius 3 is 2.09 bits per heavy atom. The summed E-state index contributed by atoms with van der Waals surface area (Å²) in [7, 11) is 0. The molecule has 0 saturated carbocycles. The summed E-state index contributed by atoms with van der Waals surface area (Å²) in [4.78, 5) is 24.2. The minimum absolute atomic E-state index is 0.0664. The van der Waals surface area contributed by atoms with E-state index >= 15 is 0 Å². The first-order chi connectivity index (χ1) is 10.5. The van der Waals surface area contributed by atoms with Gasteiger partial charge in [0.05, 0.1) is 5.56 Å². The van der Waals surface area contributed by atoms with Gasteiger partial charge in [-0.05, 0) is 43.2 Å². The number of benzene rings is 2. The quantitative estimate of drug-likeness (QED) is 0.679. The molecule has 0 aliphatic heterocycles. The Kier molecular flexibility index (Phi) is 4.94. The van der Waals surface area contributed by atoms with Crippen molar-refractivity contribution in [3.05, 3.63) is 65.2 Å². The number of Topliss-reactive ketones (excluding diaryl/α,β-unsaturated/α-hetero) is 1. The van der Waals surface area contributed by atoms with Gasteiger partial charge in [-0.2, -0.15) is 0 Å². The highest BCUT2D eigenvalue weighted by Crippen LogP contribution is 2.14. The highest BCUT2D eigenvalue weighted by atomic mass is 16.5. The Bertz CT molecular complexity index is 656. The second kappa shape index (κ2) is 6.89. The highest BCUT2D eigenvalue weighted by molar-refractivity contribution is 6.01. The molecule has 4 heteroatoms. The maximum atomic E-state index is 12.2. The number of aryl methyl sites for hydroxylation is 1. The largest absolute Gasteiger partial charge is 0.508 e. The standard InChI is InChI=1S/C18H18O4/c1-3-13-4-6-14(7-5-13)17(20)12(2)22-18(21)15-8-10-16(19)11-9-15/h4-12,19H,3H2,1-2H3/t12-/m0/s1. The number of carbonyl (C=O) groups is 2. The van der Waals surface area contributed by atoms with Crippen LogP contribution in [0.4, 0.5) is 0 Å². The van der Waals surface area contributed by atoms with Gasteiger partial charge >= 0.3 is 5.97 Å². The molecule has 0 bridgehead atoms. The molecule has 0 fully saturated rings. The van der Waals surface area contributed by atoms with Crippen LogP contribution in [0.15, 0.2) is 48.5 Å². The van der Waals surface area contributed by atoms with E-state index in [9.17, 15) is 14.7 Å². The zero-order chi connectivity index (χ0) is 16.1. The first-order valence-electron chi connectivity index (χ1n) is 7.14. The molecule has 114 valence electrons. The van der Waals surface area contributed by atoms with Crippen molar-refractivity contribution in [1.82, 2.24) is 0 Å². The lowest BCUT2D eigenvalue weighted by molar-refractivity contribution is 0.0319. The van der Waals surface area contributed by atoms with Gasteiger partial charge in [0.2, 0.25) is 5.78 Å². The van der Waals surface area contributed by atoms with Crippen LogP contribution in [0.5, 0.6) is 5.75 Å². The molecule has 2 aromatic carbocycles. The predicted molar refractivity (Wildman–Crippen MR) is 83.1 cm³/mol. The van der Waals surface area contributed by atoms with E-state index in [-0.39, 0.29) is 11.5 Å². The van der Waals surface area contributed by atoms with Crippen molar-refractivity contribution in [1.29, 1.82) is 0 Å². The summed E-state index contributed by atoms with van der Waals surface area (Å²) in [5, 5.41) is 9.19. The molecule has 0 aliphatic rings. The number of phenolic OH excluding ortho intramolecular Hbond substituents is 1. The Hall–Kier alpha value is -2.62. The van der Waals surface area contributed by atoms with Crippen LogP contribution in [0.1, 0.15) is 40.1 Å². The minimum Gasteiger partial charge on any atom is -0.508 e. The van der Waals surface area contributed by atoms with Crippen molar-refractivity contribution < 1.29 is 19.4 Å². The van der Waals surface area contributed by atoms with Crippen molar-refractivity contribution in [3.63, 3.8) is 0 Å². The summed E-state index contributed by atoms with van der Waals surface area (Å²) in [6, 6.07) is 13.0. The fourth-order valence-electron chi connectivity index (χ4n) is 2.02. The molecule has 0 aliphatic carbocycles. The van der Waals surface area contributed by atoms with Gasteiger partial charge in [-0.25, -0.2) is 4.79 Å². The van der Waals surface area contributed by atoms with Crippen molar-refractivity contribution in [2.75, 3.05) is 0 Å². The molecule has 0 saturated heterocycles. The molecule has 22 heavy (non-hydrogen) atoms. The second-order valence-electron chi connectivity index (χ2n) is 5.01. The zero-order valence-electron chi connectivity index (χ0n) is 12.6. The molecule has 0 spiro atoms. The van der Waals surface area contributed by atoms with E-state index in [1.54, 1.807) is 19.1 Å². The molecule has 0 heterocycles. The van der Waals surface area contributed by atoms with Crippen LogP contribution in [0.25, 0.3) is 0 Å². The molecule has 1 atom stereocenters.